The third-order valence-electron chi connectivity index (χ3n) is 2.74. The van der Waals surface area contributed by atoms with Crippen LogP contribution in [0.5, 0.6) is 0 Å². The number of nitrogens with zero attached hydrogens (tertiary/aromatic N) is 2. The van der Waals surface area contributed by atoms with Crippen molar-refractivity contribution in [1.82, 2.24) is 15.2 Å². The lowest BCUT2D eigenvalue weighted by Crippen LogP contribution is -2.53. The van der Waals surface area contributed by atoms with Crippen LogP contribution < -0.4 is 5.32 Å². The van der Waals surface area contributed by atoms with E-state index in [-0.39, 0.29) is 17.9 Å². The second-order valence-electron chi connectivity index (χ2n) is 4.15. The Balaban J connectivity index is 2.03. The smallest absolute Gasteiger partial charge is 0.324 e. The van der Waals surface area contributed by atoms with E-state index in [1.54, 1.807) is 13.1 Å². The number of rotatable bonds is 3. The second kappa shape index (κ2) is 4.57. The average Bonchev–Trinajstić information content (AvgIpc) is 2.73. The number of imide groups is 1. The molecule has 1 atom stereocenters. The summed E-state index contributed by atoms with van der Waals surface area (Å²) in [5.74, 6) is 0.862. The van der Waals surface area contributed by atoms with Crippen molar-refractivity contribution >= 4 is 11.9 Å². The van der Waals surface area contributed by atoms with Gasteiger partial charge in [0.15, 0.2) is 0 Å². The van der Waals surface area contributed by atoms with Gasteiger partial charge >= 0.3 is 6.03 Å². The van der Waals surface area contributed by atoms with Gasteiger partial charge in [0.1, 0.15) is 5.76 Å². The molecule has 1 N–H and O–H groups in total. The number of oxazole rings is 1. The summed E-state index contributed by atoms with van der Waals surface area (Å²) in [4.78, 5) is 28.4. The van der Waals surface area contributed by atoms with Gasteiger partial charge in [-0.1, -0.05) is 13.8 Å². The highest BCUT2D eigenvalue weighted by Crippen LogP contribution is 2.12. The van der Waals surface area contributed by atoms with Crippen molar-refractivity contribution in [2.45, 2.75) is 26.8 Å². The molecule has 3 amide bonds. The summed E-state index contributed by atoms with van der Waals surface area (Å²) < 4.78 is 5.43. The Morgan fingerprint density at radius 2 is 2.35 bits per heavy atom. The minimum Gasteiger partial charge on any atom is -0.444 e. The summed E-state index contributed by atoms with van der Waals surface area (Å²) in [5.41, 5.74) is 0. The normalized spacial score (nSPS) is 20.6. The summed E-state index contributed by atoms with van der Waals surface area (Å²) in [6.45, 7) is 4.44. The molecule has 0 aromatic carbocycles. The third kappa shape index (κ3) is 2.46. The van der Waals surface area contributed by atoms with Gasteiger partial charge in [-0.15, -0.1) is 0 Å². The van der Waals surface area contributed by atoms with Gasteiger partial charge in [-0.05, 0) is 0 Å². The zero-order valence-electron chi connectivity index (χ0n) is 9.90. The van der Waals surface area contributed by atoms with E-state index in [2.05, 4.69) is 10.3 Å². The predicted molar refractivity (Wildman–Crippen MR) is 59.0 cm³/mol. The standard InChI is InChI=1S/C11H15N3O3/c1-3-8-4-12-9(17-8)6-14-5-7(2)10(15)13-11(14)16/h4,7H,3,5-6H2,1-2H3,(H,13,15,16). The van der Waals surface area contributed by atoms with Crippen LogP contribution in [0.15, 0.2) is 10.6 Å². The van der Waals surface area contributed by atoms with Crippen molar-refractivity contribution in [3.05, 3.63) is 17.8 Å². The number of nitrogens with one attached hydrogen (secondary N) is 1. The molecular formula is C11H15N3O3. The maximum atomic E-state index is 11.6. The van der Waals surface area contributed by atoms with Crippen LogP contribution in [-0.4, -0.2) is 28.4 Å². The van der Waals surface area contributed by atoms with Gasteiger partial charge in [0.25, 0.3) is 0 Å². The van der Waals surface area contributed by atoms with E-state index < -0.39 is 0 Å². The van der Waals surface area contributed by atoms with Gasteiger partial charge in [0, 0.05) is 13.0 Å². The van der Waals surface area contributed by atoms with Crippen LogP contribution in [0.2, 0.25) is 0 Å². The SMILES string of the molecule is CCc1cnc(CN2CC(C)C(=O)NC2=O)o1. The number of hydrogen-bond donors (Lipinski definition) is 1. The first kappa shape index (κ1) is 11.6. The Kier molecular flexibility index (Phi) is 3.12. The molecule has 1 aromatic rings. The van der Waals surface area contributed by atoms with Gasteiger partial charge in [-0.25, -0.2) is 9.78 Å². The molecule has 0 bridgehead atoms. The van der Waals surface area contributed by atoms with E-state index in [1.165, 1.54) is 4.90 Å². The van der Waals surface area contributed by atoms with Crippen LogP contribution in [0.1, 0.15) is 25.5 Å². The molecule has 2 rings (SSSR count). The van der Waals surface area contributed by atoms with E-state index in [9.17, 15) is 9.59 Å². The highest BCUT2D eigenvalue weighted by atomic mass is 16.4. The molecule has 6 nitrogen and oxygen atoms in total. The molecule has 1 aromatic heterocycles. The number of aromatic nitrogens is 1. The molecule has 6 heteroatoms. The summed E-state index contributed by atoms with van der Waals surface area (Å²) >= 11 is 0. The second-order valence-corrected chi connectivity index (χ2v) is 4.15. The zero-order chi connectivity index (χ0) is 12.4. The number of urea groups is 1. The van der Waals surface area contributed by atoms with Crippen LogP contribution in [0.3, 0.4) is 0 Å². The maximum absolute atomic E-state index is 11.6. The fourth-order valence-electron chi connectivity index (χ4n) is 1.69. The molecule has 0 radical (unpaired) electrons. The van der Waals surface area contributed by atoms with E-state index in [0.717, 1.165) is 12.2 Å². The van der Waals surface area contributed by atoms with Crippen molar-refractivity contribution in [3.8, 4) is 0 Å². The lowest BCUT2D eigenvalue weighted by atomic mass is 10.1. The van der Waals surface area contributed by atoms with Crippen LogP contribution in [0.25, 0.3) is 0 Å². The molecule has 0 aliphatic carbocycles. The van der Waals surface area contributed by atoms with Crippen molar-refractivity contribution in [2.24, 2.45) is 5.92 Å². The fraction of sp³-hybridized carbons (Fsp3) is 0.545. The molecule has 2 heterocycles. The topological polar surface area (TPSA) is 75.4 Å². The minimum absolute atomic E-state index is 0.201. The number of amides is 3. The molecule has 1 aliphatic heterocycles. The summed E-state index contributed by atoms with van der Waals surface area (Å²) in [5, 5.41) is 2.30. The van der Waals surface area contributed by atoms with Crippen LogP contribution >= 0.6 is 0 Å². The van der Waals surface area contributed by atoms with Crippen molar-refractivity contribution in [3.63, 3.8) is 0 Å². The third-order valence-corrected chi connectivity index (χ3v) is 2.74. The average molecular weight is 237 g/mol. The van der Waals surface area contributed by atoms with E-state index >= 15 is 0 Å². The molecule has 1 aliphatic rings. The van der Waals surface area contributed by atoms with Crippen molar-refractivity contribution in [2.75, 3.05) is 6.54 Å². The van der Waals surface area contributed by atoms with Crippen LogP contribution in [0, 0.1) is 5.92 Å². The fourth-order valence-corrected chi connectivity index (χ4v) is 1.69. The Bertz CT molecular complexity index is 441. The Labute approximate surface area is 99.0 Å². The van der Waals surface area contributed by atoms with Gasteiger partial charge in [-0.3, -0.25) is 10.1 Å². The maximum Gasteiger partial charge on any atom is 0.324 e. The number of carbonyl (C=O) groups excluding carboxylic acids is 2. The van der Waals surface area contributed by atoms with Crippen molar-refractivity contribution < 1.29 is 14.0 Å². The summed E-state index contributed by atoms with van der Waals surface area (Å²) in [7, 11) is 0. The zero-order valence-corrected chi connectivity index (χ0v) is 9.90. The first-order valence-corrected chi connectivity index (χ1v) is 5.63. The molecule has 0 spiro atoms. The van der Waals surface area contributed by atoms with Gasteiger partial charge in [-0.2, -0.15) is 0 Å². The van der Waals surface area contributed by atoms with Crippen LogP contribution in [0.4, 0.5) is 4.79 Å². The number of hydrogen-bond acceptors (Lipinski definition) is 4. The number of aryl methyl sites for hydroxylation is 1. The van der Waals surface area contributed by atoms with E-state index in [4.69, 9.17) is 4.42 Å². The molecule has 0 saturated carbocycles. The van der Waals surface area contributed by atoms with E-state index in [1.807, 2.05) is 6.92 Å². The largest absolute Gasteiger partial charge is 0.444 e. The lowest BCUT2D eigenvalue weighted by Gasteiger charge is -2.29. The quantitative estimate of drug-likeness (QED) is 0.848. The monoisotopic (exact) mass is 237 g/mol. The highest BCUT2D eigenvalue weighted by Gasteiger charge is 2.29. The van der Waals surface area contributed by atoms with Crippen LogP contribution in [-0.2, 0) is 17.8 Å². The summed E-state index contributed by atoms with van der Waals surface area (Å²) in [6.07, 6.45) is 2.43. The first-order chi connectivity index (χ1) is 8.10. The first-order valence-electron chi connectivity index (χ1n) is 5.63. The molecule has 1 saturated heterocycles. The Morgan fingerprint density at radius 3 is 3.00 bits per heavy atom. The minimum atomic E-state index is -0.385. The lowest BCUT2D eigenvalue weighted by molar-refractivity contribution is -0.125. The molecule has 92 valence electrons. The highest BCUT2D eigenvalue weighted by molar-refractivity contribution is 5.97. The predicted octanol–water partition coefficient (Wildman–Crippen LogP) is 0.925. The Hall–Kier alpha value is -1.85. The number of carbonyl (C=O) groups is 2. The molecular weight excluding hydrogens is 222 g/mol. The van der Waals surface area contributed by atoms with Crippen molar-refractivity contribution in [1.29, 1.82) is 0 Å². The summed E-state index contributed by atoms with van der Waals surface area (Å²) in [6, 6.07) is -0.385. The van der Waals surface area contributed by atoms with Gasteiger partial charge in [0.05, 0.1) is 18.7 Å². The van der Waals surface area contributed by atoms with E-state index in [0.29, 0.717) is 19.0 Å². The molecule has 17 heavy (non-hydrogen) atoms. The van der Waals surface area contributed by atoms with Gasteiger partial charge < -0.3 is 9.32 Å². The Morgan fingerprint density at radius 1 is 1.59 bits per heavy atom. The molecule has 1 unspecified atom stereocenters. The molecule has 1 fully saturated rings. The van der Waals surface area contributed by atoms with Gasteiger partial charge in [0.2, 0.25) is 11.8 Å².